The van der Waals surface area contributed by atoms with Gasteiger partial charge in [-0.2, -0.15) is 5.10 Å². The maximum Gasteiger partial charge on any atom is 0.335 e. The van der Waals surface area contributed by atoms with Crippen LogP contribution in [-0.2, 0) is 4.74 Å². The van der Waals surface area contributed by atoms with E-state index in [-0.39, 0.29) is 12.1 Å². The van der Waals surface area contributed by atoms with E-state index in [2.05, 4.69) is 20.7 Å². The van der Waals surface area contributed by atoms with Crippen molar-refractivity contribution in [3.8, 4) is 0 Å². The first-order valence-corrected chi connectivity index (χ1v) is 9.26. The second-order valence-corrected chi connectivity index (χ2v) is 6.96. The van der Waals surface area contributed by atoms with E-state index in [0.29, 0.717) is 6.54 Å². The summed E-state index contributed by atoms with van der Waals surface area (Å²) in [5, 5.41) is 7.13. The number of urea groups is 1. The number of ether oxygens (including phenoxy) is 1. The number of hydrazone groups is 1. The molecule has 0 radical (unpaired) electrons. The fourth-order valence-corrected chi connectivity index (χ4v) is 3.89. The van der Waals surface area contributed by atoms with Crippen molar-refractivity contribution < 1.29 is 9.53 Å². The average Bonchev–Trinajstić information content (AvgIpc) is 3.13. The molecule has 1 aliphatic carbocycles. The largest absolute Gasteiger partial charge is 0.376 e. The number of rotatable bonds is 4. The summed E-state index contributed by atoms with van der Waals surface area (Å²) in [6, 6.07) is 0.565. The van der Waals surface area contributed by atoms with Crippen LogP contribution >= 0.6 is 0 Å². The molecule has 0 aromatic heterocycles. The monoisotopic (exact) mass is 322 g/mol. The van der Waals surface area contributed by atoms with E-state index < -0.39 is 0 Å². The van der Waals surface area contributed by atoms with Gasteiger partial charge in [0.1, 0.15) is 0 Å². The van der Waals surface area contributed by atoms with Crippen molar-refractivity contribution in [3.63, 3.8) is 0 Å². The molecule has 0 spiro atoms. The highest BCUT2D eigenvalue weighted by molar-refractivity contribution is 5.87. The Hall–Kier alpha value is -1.14. The number of hydrogen-bond acceptors (Lipinski definition) is 4. The van der Waals surface area contributed by atoms with Gasteiger partial charge >= 0.3 is 6.03 Å². The molecule has 2 amide bonds. The molecule has 6 nitrogen and oxygen atoms in total. The van der Waals surface area contributed by atoms with Crippen LogP contribution in [0.25, 0.3) is 0 Å². The van der Waals surface area contributed by atoms with Crippen molar-refractivity contribution >= 4 is 11.7 Å². The zero-order valence-corrected chi connectivity index (χ0v) is 14.1. The molecule has 2 saturated heterocycles. The third kappa shape index (κ3) is 5.18. The summed E-state index contributed by atoms with van der Waals surface area (Å²) in [6.45, 7) is 3.56. The van der Waals surface area contributed by atoms with Crippen LogP contribution in [0.3, 0.4) is 0 Å². The lowest BCUT2D eigenvalue weighted by Gasteiger charge is -2.37. The first-order valence-electron chi connectivity index (χ1n) is 9.26. The Labute approximate surface area is 139 Å². The number of likely N-dealkylation sites (tertiary alicyclic amines) is 1. The Morgan fingerprint density at radius 3 is 2.61 bits per heavy atom. The van der Waals surface area contributed by atoms with E-state index in [9.17, 15) is 4.79 Å². The molecule has 3 fully saturated rings. The summed E-state index contributed by atoms with van der Waals surface area (Å²) in [5.41, 5.74) is 3.75. The first kappa shape index (κ1) is 16.7. The smallest absolute Gasteiger partial charge is 0.335 e. The van der Waals surface area contributed by atoms with Gasteiger partial charge in [0.25, 0.3) is 0 Å². The standard InChI is InChI=1S/C17H30N4O2/c22-17(18-13-16-7-4-12-23-16)20-19-14-8-10-21(11-9-14)15-5-2-1-3-6-15/h15-16H,1-13H2,(H2,18,20,22)/t16-/m0/s1. The van der Waals surface area contributed by atoms with Crippen LogP contribution < -0.4 is 10.7 Å². The summed E-state index contributed by atoms with van der Waals surface area (Å²) in [7, 11) is 0. The molecule has 1 atom stereocenters. The Balaban J connectivity index is 1.33. The summed E-state index contributed by atoms with van der Waals surface area (Å²) >= 11 is 0. The van der Waals surface area contributed by atoms with Gasteiger partial charge in [0.15, 0.2) is 0 Å². The lowest BCUT2D eigenvalue weighted by molar-refractivity contribution is 0.111. The van der Waals surface area contributed by atoms with E-state index in [1.54, 1.807) is 0 Å². The van der Waals surface area contributed by atoms with E-state index in [4.69, 9.17) is 4.74 Å². The van der Waals surface area contributed by atoms with Crippen LogP contribution in [0.2, 0.25) is 0 Å². The normalized spacial score (nSPS) is 27.0. The van der Waals surface area contributed by atoms with Crippen molar-refractivity contribution in [2.45, 2.75) is 69.9 Å². The molecule has 2 N–H and O–H groups in total. The SMILES string of the molecule is O=C(NC[C@@H]1CCCO1)NN=C1CCN(C2CCCCC2)CC1. The van der Waals surface area contributed by atoms with Gasteiger partial charge in [-0.05, 0) is 25.7 Å². The molecule has 3 aliphatic rings. The molecule has 2 heterocycles. The van der Waals surface area contributed by atoms with E-state index in [1.165, 1.54) is 32.1 Å². The van der Waals surface area contributed by atoms with Crippen LogP contribution in [0.1, 0.15) is 57.8 Å². The van der Waals surface area contributed by atoms with Crippen molar-refractivity contribution in [3.05, 3.63) is 0 Å². The van der Waals surface area contributed by atoms with Crippen molar-refractivity contribution in [2.24, 2.45) is 5.10 Å². The molecule has 23 heavy (non-hydrogen) atoms. The Morgan fingerprint density at radius 2 is 1.91 bits per heavy atom. The number of amides is 2. The van der Waals surface area contributed by atoms with Crippen LogP contribution in [-0.4, -0.2) is 55.0 Å². The number of carbonyl (C=O) groups excluding carboxylic acids is 1. The van der Waals surface area contributed by atoms with E-state index in [1.807, 2.05) is 0 Å². The van der Waals surface area contributed by atoms with Gasteiger partial charge in [-0.15, -0.1) is 0 Å². The highest BCUT2D eigenvalue weighted by atomic mass is 16.5. The topological polar surface area (TPSA) is 66.0 Å². The minimum absolute atomic E-state index is 0.173. The highest BCUT2D eigenvalue weighted by Crippen LogP contribution is 2.24. The second-order valence-electron chi connectivity index (χ2n) is 6.96. The number of piperidine rings is 1. The molecule has 0 bridgehead atoms. The van der Waals surface area contributed by atoms with Gasteiger partial charge in [-0.3, -0.25) is 4.90 Å². The Kier molecular flexibility index (Phi) is 6.28. The number of carbonyl (C=O) groups is 1. The molecule has 6 heteroatoms. The van der Waals surface area contributed by atoms with Gasteiger partial charge in [-0.25, -0.2) is 10.2 Å². The molecule has 1 saturated carbocycles. The zero-order chi connectivity index (χ0) is 15.9. The average molecular weight is 322 g/mol. The molecule has 0 aromatic rings. The third-order valence-electron chi connectivity index (χ3n) is 5.30. The lowest BCUT2D eigenvalue weighted by Crippen LogP contribution is -2.43. The van der Waals surface area contributed by atoms with Gasteiger partial charge in [0, 0.05) is 50.8 Å². The third-order valence-corrected chi connectivity index (χ3v) is 5.30. The van der Waals surface area contributed by atoms with Gasteiger partial charge in [0.2, 0.25) is 0 Å². The molecular weight excluding hydrogens is 292 g/mol. The number of nitrogens with zero attached hydrogens (tertiary/aromatic N) is 2. The quantitative estimate of drug-likeness (QED) is 0.780. The molecule has 2 aliphatic heterocycles. The van der Waals surface area contributed by atoms with E-state index in [0.717, 1.165) is 57.1 Å². The lowest BCUT2D eigenvalue weighted by atomic mass is 9.92. The number of nitrogens with one attached hydrogen (secondary N) is 2. The molecule has 3 rings (SSSR count). The minimum Gasteiger partial charge on any atom is -0.376 e. The summed E-state index contributed by atoms with van der Waals surface area (Å²) in [5.74, 6) is 0. The molecule has 130 valence electrons. The Morgan fingerprint density at radius 1 is 1.13 bits per heavy atom. The molecule has 0 unspecified atom stereocenters. The van der Waals surface area contributed by atoms with Crippen LogP contribution in [0.15, 0.2) is 5.10 Å². The van der Waals surface area contributed by atoms with Crippen molar-refractivity contribution in [2.75, 3.05) is 26.2 Å². The predicted octanol–water partition coefficient (Wildman–Crippen LogP) is 2.25. The Bertz CT molecular complexity index is 405. The second kappa shape index (κ2) is 8.64. The maximum atomic E-state index is 11.8. The zero-order valence-electron chi connectivity index (χ0n) is 14.1. The van der Waals surface area contributed by atoms with Crippen molar-refractivity contribution in [1.82, 2.24) is 15.6 Å². The molecule has 0 aromatic carbocycles. The predicted molar refractivity (Wildman–Crippen MR) is 90.6 cm³/mol. The fourth-order valence-electron chi connectivity index (χ4n) is 3.89. The minimum atomic E-state index is -0.220. The number of hydrogen-bond donors (Lipinski definition) is 2. The van der Waals surface area contributed by atoms with Gasteiger partial charge in [0.05, 0.1) is 6.10 Å². The molecular formula is C17H30N4O2. The summed E-state index contributed by atoms with van der Waals surface area (Å²) in [6.07, 6.45) is 11.1. The summed E-state index contributed by atoms with van der Waals surface area (Å²) < 4.78 is 5.48. The highest BCUT2D eigenvalue weighted by Gasteiger charge is 2.24. The first-order chi connectivity index (χ1) is 11.3. The van der Waals surface area contributed by atoms with Crippen molar-refractivity contribution in [1.29, 1.82) is 0 Å². The van der Waals surface area contributed by atoms with Gasteiger partial charge < -0.3 is 10.1 Å². The van der Waals surface area contributed by atoms with Gasteiger partial charge in [-0.1, -0.05) is 19.3 Å². The fraction of sp³-hybridized carbons (Fsp3) is 0.882. The van der Waals surface area contributed by atoms with E-state index >= 15 is 0 Å². The van der Waals surface area contributed by atoms with Crippen LogP contribution in [0.5, 0.6) is 0 Å². The summed E-state index contributed by atoms with van der Waals surface area (Å²) in [4.78, 5) is 14.4. The van der Waals surface area contributed by atoms with Crippen LogP contribution in [0.4, 0.5) is 4.79 Å². The van der Waals surface area contributed by atoms with Crippen LogP contribution in [0, 0.1) is 0 Å². The maximum absolute atomic E-state index is 11.8.